The average Bonchev–Trinajstić information content (AvgIpc) is 2.26. The molecular formula is C12H11N2O. The predicted molar refractivity (Wildman–Crippen MR) is 58.5 cm³/mol. The first kappa shape index (κ1) is 9.65. The van der Waals surface area contributed by atoms with Gasteiger partial charge in [0.15, 0.2) is 0 Å². The molecule has 75 valence electrons. The SMILES string of the molecule is Cc1cc(-c2cc[c]cc2)nn(C)c1=O. The molecule has 3 heteroatoms. The van der Waals surface area contributed by atoms with Crippen molar-refractivity contribution in [3.8, 4) is 11.3 Å². The standard InChI is InChI=1S/C12H11N2O/c1-9-8-11(13-14(2)12(9)15)10-6-4-3-5-7-10/h4-8H,1-2H3. The van der Waals surface area contributed by atoms with E-state index in [4.69, 9.17) is 0 Å². The molecule has 0 saturated heterocycles. The summed E-state index contributed by atoms with van der Waals surface area (Å²) in [5.41, 5.74) is 2.45. The third kappa shape index (κ3) is 1.81. The van der Waals surface area contributed by atoms with Gasteiger partial charge in [-0.3, -0.25) is 4.79 Å². The molecule has 0 saturated carbocycles. The van der Waals surface area contributed by atoms with Crippen LogP contribution in [0.4, 0.5) is 0 Å². The van der Waals surface area contributed by atoms with Crippen LogP contribution in [0.2, 0.25) is 0 Å². The Balaban J connectivity index is 2.61. The van der Waals surface area contributed by atoms with Gasteiger partial charge in [0.25, 0.3) is 5.56 Å². The Hall–Kier alpha value is -1.90. The minimum atomic E-state index is -0.0544. The quantitative estimate of drug-likeness (QED) is 0.698. The highest BCUT2D eigenvalue weighted by molar-refractivity contribution is 5.58. The minimum absolute atomic E-state index is 0.0544. The van der Waals surface area contributed by atoms with Crippen molar-refractivity contribution in [2.24, 2.45) is 7.05 Å². The van der Waals surface area contributed by atoms with Gasteiger partial charge < -0.3 is 0 Å². The van der Waals surface area contributed by atoms with E-state index in [1.807, 2.05) is 24.3 Å². The number of benzene rings is 1. The third-order valence-corrected chi connectivity index (χ3v) is 2.26. The highest BCUT2D eigenvalue weighted by Gasteiger charge is 2.03. The normalized spacial score (nSPS) is 10.3. The minimum Gasteiger partial charge on any atom is -0.268 e. The molecule has 0 aliphatic rings. The lowest BCUT2D eigenvalue weighted by atomic mass is 10.1. The number of rotatable bonds is 1. The van der Waals surface area contributed by atoms with Gasteiger partial charge in [-0.1, -0.05) is 24.3 Å². The van der Waals surface area contributed by atoms with Crippen LogP contribution >= 0.6 is 0 Å². The molecule has 1 heterocycles. The van der Waals surface area contributed by atoms with Gasteiger partial charge >= 0.3 is 0 Å². The molecule has 0 spiro atoms. The first-order valence-corrected chi connectivity index (χ1v) is 4.70. The smallest absolute Gasteiger partial charge is 0.268 e. The van der Waals surface area contributed by atoms with Crippen LogP contribution < -0.4 is 5.56 Å². The van der Waals surface area contributed by atoms with Crippen molar-refractivity contribution >= 4 is 0 Å². The predicted octanol–water partition coefficient (Wildman–Crippen LogP) is 1.56. The van der Waals surface area contributed by atoms with Crippen LogP contribution in [0.1, 0.15) is 5.56 Å². The largest absolute Gasteiger partial charge is 0.269 e. The second kappa shape index (κ2) is 3.69. The Bertz CT molecular complexity index is 503. The molecule has 15 heavy (non-hydrogen) atoms. The van der Waals surface area contributed by atoms with Crippen LogP contribution in [0.25, 0.3) is 11.3 Å². The van der Waals surface area contributed by atoms with E-state index in [0.717, 1.165) is 11.3 Å². The van der Waals surface area contributed by atoms with E-state index < -0.39 is 0 Å². The number of nitrogens with zero attached hydrogens (tertiary/aromatic N) is 2. The zero-order chi connectivity index (χ0) is 10.8. The van der Waals surface area contributed by atoms with Gasteiger partial charge in [-0.05, 0) is 19.1 Å². The van der Waals surface area contributed by atoms with Gasteiger partial charge in [-0.15, -0.1) is 0 Å². The fourth-order valence-electron chi connectivity index (χ4n) is 1.46. The molecule has 0 fully saturated rings. The number of aromatic nitrogens is 2. The first-order valence-electron chi connectivity index (χ1n) is 4.70. The van der Waals surface area contributed by atoms with E-state index in [-0.39, 0.29) is 5.56 Å². The summed E-state index contributed by atoms with van der Waals surface area (Å²) in [4.78, 5) is 11.4. The lowest BCUT2D eigenvalue weighted by molar-refractivity contribution is 0.705. The molecule has 0 amide bonds. The second-order valence-electron chi connectivity index (χ2n) is 3.43. The summed E-state index contributed by atoms with van der Waals surface area (Å²) in [5.74, 6) is 0. The summed E-state index contributed by atoms with van der Waals surface area (Å²) in [6.45, 7) is 1.79. The number of hydrogen-bond acceptors (Lipinski definition) is 2. The number of aryl methyl sites for hydroxylation is 2. The van der Waals surface area contributed by atoms with Gasteiger partial charge in [0.05, 0.1) is 5.69 Å². The molecule has 1 aromatic carbocycles. The molecule has 1 aromatic heterocycles. The van der Waals surface area contributed by atoms with Gasteiger partial charge in [-0.2, -0.15) is 5.10 Å². The zero-order valence-corrected chi connectivity index (χ0v) is 8.69. The van der Waals surface area contributed by atoms with E-state index >= 15 is 0 Å². The maximum Gasteiger partial charge on any atom is 0.269 e. The molecule has 0 atom stereocenters. The van der Waals surface area contributed by atoms with Crippen LogP contribution in [0, 0.1) is 13.0 Å². The van der Waals surface area contributed by atoms with Crippen molar-refractivity contribution in [3.63, 3.8) is 0 Å². The van der Waals surface area contributed by atoms with Crippen molar-refractivity contribution < 1.29 is 0 Å². The second-order valence-corrected chi connectivity index (χ2v) is 3.43. The maximum absolute atomic E-state index is 11.4. The number of hydrogen-bond donors (Lipinski definition) is 0. The van der Waals surface area contributed by atoms with Gasteiger partial charge in [-0.25, -0.2) is 4.68 Å². The molecule has 0 aliphatic carbocycles. The maximum atomic E-state index is 11.4. The van der Waals surface area contributed by atoms with E-state index in [0.29, 0.717) is 5.56 Å². The Labute approximate surface area is 88.0 Å². The van der Waals surface area contributed by atoms with E-state index in [2.05, 4.69) is 11.2 Å². The first-order chi connectivity index (χ1) is 7.18. The van der Waals surface area contributed by atoms with Crippen LogP contribution in [0.15, 0.2) is 35.1 Å². The third-order valence-electron chi connectivity index (χ3n) is 2.26. The van der Waals surface area contributed by atoms with Crippen LogP contribution in [0.3, 0.4) is 0 Å². The molecule has 2 aromatic rings. The van der Waals surface area contributed by atoms with Crippen molar-refractivity contribution in [1.29, 1.82) is 0 Å². The zero-order valence-electron chi connectivity index (χ0n) is 8.69. The van der Waals surface area contributed by atoms with Gasteiger partial charge in [0.1, 0.15) is 0 Å². The molecule has 1 radical (unpaired) electrons. The average molecular weight is 199 g/mol. The fourth-order valence-corrected chi connectivity index (χ4v) is 1.46. The summed E-state index contributed by atoms with van der Waals surface area (Å²) in [5, 5.41) is 4.19. The Morgan fingerprint density at radius 3 is 2.60 bits per heavy atom. The molecule has 3 nitrogen and oxygen atoms in total. The highest BCUT2D eigenvalue weighted by atomic mass is 16.1. The molecule has 2 rings (SSSR count). The lowest BCUT2D eigenvalue weighted by Gasteiger charge is -2.04. The monoisotopic (exact) mass is 199 g/mol. The topological polar surface area (TPSA) is 34.9 Å². The summed E-state index contributed by atoms with van der Waals surface area (Å²) in [6, 6.07) is 12.3. The van der Waals surface area contributed by atoms with Crippen LogP contribution in [0.5, 0.6) is 0 Å². The van der Waals surface area contributed by atoms with E-state index in [1.165, 1.54) is 4.68 Å². The Morgan fingerprint density at radius 1 is 1.33 bits per heavy atom. The molecule has 0 unspecified atom stereocenters. The van der Waals surface area contributed by atoms with Crippen molar-refractivity contribution in [3.05, 3.63) is 52.3 Å². The van der Waals surface area contributed by atoms with Crippen LogP contribution in [-0.2, 0) is 7.05 Å². The molecule has 0 N–H and O–H groups in total. The summed E-state index contributed by atoms with van der Waals surface area (Å²) < 4.78 is 1.36. The summed E-state index contributed by atoms with van der Waals surface area (Å²) >= 11 is 0. The summed E-state index contributed by atoms with van der Waals surface area (Å²) in [7, 11) is 1.66. The van der Waals surface area contributed by atoms with E-state index in [9.17, 15) is 4.79 Å². The highest BCUT2D eigenvalue weighted by Crippen LogP contribution is 2.14. The van der Waals surface area contributed by atoms with Gasteiger partial charge in [0.2, 0.25) is 0 Å². The molecule has 0 bridgehead atoms. The Kier molecular flexibility index (Phi) is 2.37. The van der Waals surface area contributed by atoms with Gasteiger partial charge in [0, 0.05) is 18.2 Å². The summed E-state index contributed by atoms with van der Waals surface area (Å²) in [6.07, 6.45) is 0. The van der Waals surface area contributed by atoms with E-state index in [1.54, 1.807) is 20.0 Å². The molecule has 0 aliphatic heterocycles. The molecular weight excluding hydrogens is 188 g/mol. The van der Waals surface area contributed by atoms with Crippen molar-refractivity contribution in [1.82, 2.24) is 9.78 Å². The Morgan fingerprint density at radius 2 is 2.00 bits per heavy atom. The van der Waals surface area contributed by atoms with Crippen molar-refractivity contribution in [2.75, 3.05) is 0 Å². The fraction of sp³-hybridized carbons (Fsp3) is 0.167. The lowest BCUT2D eigenvalue weighted by Crippen LogP contribution is -2.21. The van der Waals surface area contributed by atoms with Crippen molar-refractivity contribution in [2.45, 2.75) is 6.92 Å². The van der Waals surface area contributed by atoms with Crippen LogP contribution in [-0.4, -0.2) is 9.78 Å².